The zero-order valence-corrected chi connectivity index (χ0v) is 11.0. The summed E-state index contributed by atoms with van der Waals surface area (Å²) in [5.74, 6) is -0.890. The van der Waals surface area contributed by atoms with E-state index in [9.17, 15) is 14.7 Å². The van der Waals surface area contributed by atoms with Crippen LogP contribution in [0, 0.1) is 5.92 Å². The monoisotopic (exact) mass is 262 g/mol. The van der Waals surface area contributed by atoms with Gasteiger partial charge in [0.25, 0.3) is 0 Å². The van der Waals surface area contributed by atoms with E-state index in [0.717, 1.165) is 5.56 Å². The smallest absolute Gasteiger partial charge is 0.328 e. The molecule has 1 fully saturated rings. The molecule has 19 heavy (non-hydrogen) atoms. The summed E-state index contributed by atoms with van der Waals surface area (Å²) in [7, 11) is 0. The molecule has 5 nitrogen and oxygen atoms in total. The maximum Gasteiger partial charge on any atom is 0.328 e. The summed E-state index contributed by atoms with van der Waals surface area (Å²) >= 11 is 0. The summed E-state index contributed by atoms with van der Waals surface area (Å²) in [6.45, 7) is 4.13. The zero-order valence-electron chi connectivity index (χ0n) is 11.0. The molecule has 1 saturated heterocycles. The number of benzene rings is 1. The third kappa shape index (κ3) is 2.70. The molecule has 0 unspecified atom stereocenters. The summed E-state index contributed by atoms with van der Waals surface area (Å²) in [6.07, 6.45) is 0. The predicted molar refractivity (Wildman–Crippen MR) is 70.6 cm³/mol. The van der Waals surface area contributed by atoms with Gasteiger partial charge in [-0.1, -0.05) is 44.2 Å². The van der Waals surface area contributed by atoms with Gasteiger partial charge in [0.1, 0.15) is 0 Å². The van der Waals surface area contributed by atoms with Crippen molar-refractivity contribution in [1.82, 2.24) is 10.2 Å². The Kier molecular flexibility index (Phi) is 3.74. The molecule has 2 N–H and O–H groups in total. The molecule has 2 atom stereocenters. The zero-order chi connectivity index (χ0) is 14.0. The lowest BCUT2D eigenvalue weighted by Gasteiger charge is -2.24. The number of carbonyl (C=O) groups is 2. The predicted octanol–water partition coefficient (Wildman–Crippen LogP) is 1.69. The first kappa shape index (κ1) is 13.4. The minimum Gasteiger partial charge on any atom is -0.480 e. The van der Waals surface area contributed by atoms with Crippen LogP contribution in [0.3, 0.4) is 0 Å². The van der Waals surface area contributed by atoms with E-state index < -0.39 is 12.0 Å². The van der Waals surface area contributed by atoms with Gasteiger partial charge in [0.15, 0.2) is 6.04 Å². The Morgan fingerprint density at radius 2 is 2.00 bits per heavy atom. The van der Waals surface area contributed by atoms with Gasteiger partial charge < -0.3 is 15.3 Å². The van der Waals surface area contributed by atoms with Crippen LogP contribution >= 0.6 is 0 Å². The molecule has 0 aliphatic carbocycles. The van der Waals surface area contributed by atoms with Gasteiger partial charge in [-0.25, -0.2) is 9.59 Å². The van der Waals surface area contributed by atoms with Crippen molar-refractivity contribution in [3.05, 3.63) is 35.9 Å². The van der Waals surface area contributed by atoms with Crippen LogP contribution in [0.2, 0.25) is 0 Å². The molecule has 2 rings (SSSR count). The molecule has 0 saturated carbocycles. The Morgan fingerprint density at radius 3 is 2.53 bits per heavy atom. The van der Waals surface area contributed by atoms with Gasteiger partial charge in [-0.3, -0.25) is 0 Å². The van der Waals surface area contributed by atoms with Crippen LogP contribution in [0.4, 0.5) is 4.79 Å². The highest BCUT2D eigenvalue weighted by atomic mass is 16.4. The Hall–Kier alpha value is -2.04. The Bertz CT molecular complexity index is 473. The largest absolute Gasteiger partial charge is 0.480 e. The average molecular weight is 262 g/mol. The van der Waals surface area contributed by atoms with E-state index in [1.54, 1.807) is 0 Å². The molecule has 0 bridgehead atoms. The number of carbonyl (C=O) groups excluding carboxylic acids is 1. The molecule has 0 radical (unpaired) electrons. The van der Waals surface area contributed by atoms with Crippen LogP contribution in [0.25, 0.3) is 0 Å². The summed E-state index contributed by atoms with van der Waals surface area (Å²) in [6, 6.07) is 7.93. The highest BCUT2D eigenvalue weighted by Gasteiger charge is 2.45. The lowest BCUT2D eigenvalue weighted by Crippen LogP contribution is -2.45. The van der Waals surface area contributed by atoms with Crippen LogP contribution in [0.15, 0.2) is 30.3 Å². The SMILES string of the molecule is CC(C)[C@H]1NC(=O)N(Cc2ccccc2)[C@H]1C(=O)O. The first-order chi connectivity index (χ1) is 9.00. The van der Waals surface area contributed by atoms with Crippen molar-refractivity contribution in [3.63, 3.8) is 0 Å². The van der Waals surface area contributed by atoms with Gasteiger partial charge in [0, 0.05) is 6.54 Å². The number of carboxylic acids is 1. The summed E-state index contributed by atoms with van der Waals surface area (Å²) in [5.41, 5.74) is 0.924. The maximum atomic E-state index is 12.0. The average Bonchev–Trinajstić information content (AvgIpc) is 2.68. The molecule has 2 amide bonds. The van der Waals surface area contributed by atoms with Crippen molar-refractivity contribution >= 4 is 12.0 Å². The van der Waals surface area contributed by atoms with Crippen molar-refractivity contribution in [2.24, 2.45) is 5.92 Å². The fourth-order valence-electron chi connectivity index (χ4n) is 2.39. The molecule has 0 aromatic heterocycles. The van der Waals surface area contributed by atoms with Crippen LogP contribution in [0.5, 0.6) is 0 Å². The van der Waals surface area contributed by atoms with Crippen molar-refractivity contribution in [3.8, 4) is 0 Å². The number of hydrogen-bond donors (Lipinski definition) is 2. The van der Waals surface area contributed by atoms with Crippen molar-refractivity contribution in [2.45, 2.75) is 32.5 Å². The van der Waals surface area contributed by atoms with Gasteiger partial charge in [-0.05, 0) is 11.5 Å². The number of amides is 2. The van der Waals surface area contributed by atoms with Gasteiger partial charge >= 0.3 is 12.0 Å². The summed E-state index contributed by atoms with van der Waals surface area (Å²) < 4.78 is 0. The fourth-order valence-corrected chi connectivity index (χ4v) is 2.39. The molecule has 102 valence electrons. The molecule has 1 heterocycles. The standard InChI is InChI=1S/C14H18N2O3/c1-9(2)11-12(13(17)18)16(14(19)15-11)8-10-6-4-3-5-7-10/h3-7,9,11-12H,8H2,1-2H3,(H,15,19)(H,17,18)/t11-,12-/m1/s1. The van der Waals surface area contributed by atoms with E-state index in [4.69, 9.17) is 0 Å². The van der Waals surface area contributed by atoms with Crippen molar-refractivity contribution < 1.29 is 14.7 Å². The number of nitrogens with zero attached hydrogens (tertiary/aromatic N) is 1. The lowest BCUT2D eigenvalue weighted by atomic mass is 9.97. The second kappa shape index (κ2) is 5.30. The first-order valence-corrected chi connectivity index (χ1v) is 6.34. The molecule has 1 aliphatic heterocycles. The summed E-state index contributed by atoms with van der Waals surface area (Å²) in [5, 5.41) is 12.1. The Labute approximate surface area is 112 Å². The van der Waals surface area contributed by atoms with Crippen LogP contribution < -0.4 is 5.32 Å². The number of urea groups is 1. The molecular weight excluding hydrogens is 244 g/mol. The quantitative estimate of drug-likeness (QED) is 0.867. The number of nitrogens with one attached hydrogen (secondary N) is 1. The summed E-state index contributed by atoms with van der Waals surface area (Å²) in [4.78, 5) is 24.8. The van der Waals surface area contributed by atoms with E-state index >= 15 is 0 Å². The number of rotatable bonds is 4. The minimum atomic E-state index is -0.965. The molecule has 1 aliphatic rings. The third-order valence-electron chi connectivity index (χ3n) is 3.39. The molecule has 0 spiro atoms. The van der Waals surface area contributed by atoms with Crippen LogP contribution in [-0.2, 0) is 11.3 Å². The highest BCUT2D eigenvalue weighted by Crippen LogP contribution is 2.22. The van der Waals surface area contributed by atoms with E-state index in [2.05, 4.69) is 5.32 Å². The van der Waals surface area contributed by atoms with Crippen LogP contribution in [-0.4, -0.2) is 34.1 Å². The fraction of sp³-hybridized carbons (Fsp3) is 0.429. The number of carboxylic acid groups (broad SMARTS) is 1. The van der Waals surface area contributed by atoms with Gasteiger partial charge in [0.05, 0.1) is 6.04 Å². The van der Waals surface area contributed by atoms with Gasteiger partial charge in [0.2, 0.25) is 0 Å². The van der Waals surface area contributed by atoms with Crippen LogP contribution in [0.1, 0.15) is 19.4 Å². The Balaban J connectivity index is 2.22. The second-order valence-electron chi connectivity index (χ2n) is 5.12. The number of hydrogen-bond acceptors (Lipinski definition) is 2. The van der Waals surface area contributed by atoms with E-state index in [1.807, 2.05) is 44.2 Å². The maximum absolute atomic E-state index is 12.0. The van der Waals surface area contributed by atoms with E-state index in [1.165, 1.54) is 4.90 Å². The molecular formula is C14H18N2O3. The first-order valence-electron chi connectivity index (χ1n) is 6.34. The lowest BCUT2D eigenvalue weighted by molar-refractivity contribution is -0.142. The minimum absolute atomic E-state index is 0.0748. The molecule has 1 aromatic rings. The highest BCUT2D eigenvalue weighted by molar-refractivity contribution is 5.87. The van der Waals surface area contributed by atoms with Gasteiger partial charge in [-0.15, -0.1) is 0 Å². The second-order valence-corrected chi connectivity index (χ2v) is 5.12. The molecule has 1 aromatic carbocycles. The van der Waals surface area contributed by atoms with Gasteiger partial charge in [-0.2, -0.15) is 0 Å². The number of aliphatic carboxylic acids is 1. The van der Waals surface area contributed by atoms with E-state index in [0.29, 0.717) is 6.54 Å². The Morgan fingerprint density at radius 1 is 1.37 bits per heavy atom. The van der Waals surface area contributed by atoms with Crippen molar-refractivity contribution in [2.75, 3.05) is 0 Å². The third-order valence-corrected chi connectivity index (χ3v) is 3.39. The van der Waals surface area contributed by atoms with Crippen molar-refractivity contribution in [1.29, 1.82) is 0 Å². The topological polar surface area (TPSA) is 69.6 Å². The van der Waals surface area contributed by atoms with E-state index in [-0.39, 0.29) is 18.0 Å². The normalized spacial score (nSPS) is 22.7. The molecule has 5 heteroatoms.